The van der Waals surface area contributed by atoms with Crippen molar-refractivity contribution in [2.24, 2.45) is 0 Å². The molecule has 0 bridgehead atoms. The Kier molecular flexibility index (Phi) is 3.71. The summed E-state index contributed by atoms with van der Waals surface area (Å²) in [7, 11) is 0. The van der Waals surface area contributed by atoms with Crippen molar-refractivity contribution < 1.29 is 14.8 Å². The maximum Gasteiger partial charge on any atom is 0.422 e. The van der Waals surface area contributed by atoms with Crippen molar-refractivity contribution in [3.8, 4) is 0 Å². The number of hydrazine groups is 1. The molecule has 82 valence electrons. The van der Waals surface area contributed by atoms with Gasteiger partial charge in [-0.25, -0.2) is 9.80 Å². The molecule has 1 rings (SSSR count). The predicted octanol–water partition coefficient (Wildman–Crippen LogP) is -0.695. The van der Waals surface area contributed by atoms with Crippen LogP contribution in [-0.2, 0) is 4.74 Å². The smallest absolute Gasteiger partial charge is 0.422 e. The summed E-state index contributed by atoms with van der Waals surface area (Å²) >= 11 is 0. The van der Waals surface area contributed by atoms with Gasteiger partial charge in [0.2, 0.25) is 0 Å². The van der Waals surface area contributed by atoms with E-state index in [0.29, 0.717) is 0 Å². The molecule has 0 atom stereocenters. The van der Waals surface area contributed by atoms with Crippen LogP contribution in [0, 0.1) is 0 Å². The molecule has 0 unspecified atom stereocenters. The van der Waals surface area contributed by atoms with Gasteiger partial charge >= 0.3 is 6.09 Å². The average molecular weight is 202 g/mol. The van der Waals surface area contributed by atoms with E-state index in [4.69, 9.17) is 4.74 Å². The molecule has 3 N–H and O–H groups in total. The van der Waals surface area contributed by atoms with E-state index in [9.17, 15) is 4.79 Å². The Morgan fingerprint density at radius 1 is 1.36 bits per heavy atom. The molecule has 0 aromatic heterocycles. The number of quaternary nitrogens is 1. The minimum Gasteiger partial charge on any atom is -0.443 e. The first-order valence-corrected chi connectivity index (χ1v) is 5.03. The number of ether oxygens (including phenoxy) is 1. The van der Waals surface area contributed by atoms with E-state index in [1.165, 1.54) is 0 Å². The number of hydrogen-bond donors (Lipinski definition) is 2. The Hall–Kier alpha value is -0.810. The van der Waals surface area contributed by atoms with Gasteiger partial charge in [-0.15, -0.1) is 0 Å². The van der Waals surface area contributed by atoms with Crippen molar-refractivity contribution in [2.75, 3.05) is 26.2 Å². The Morgan fingerprint density at radius 2 is 1.93 bits per heavy atom. The highest BCUT2D eigenvalue weighted by atomic mass is 16.6. The van der Waals surface area contributed by atoms with Crippen LogP contribution in [0.1, 0.15) is 20.8 Å². The molecular weight excluding hydrogens is 182 g/mol. The van der Waals surface area contributed by atoms with Crippen molar-refractivity contribution in [3.63, 3.8) is 0 Å². The number of nitrogens with two attached hydrogens (primary N) is 1. The van der Waals surface area contributed by atoms with Crippen molar-refractivity contribution in [1.29, 1.82) is 0 Å². The average Bonchev–Trinajstić information content (AvgIpc) is 2.02. The number of hydrogen-bond acceptors (Lipinski definition) is 3. The molecule has 1 fully saturated rings. The molecule has 1 amide bonds. The summed E-state index contributed by atoms with van der Waals surface area (Å²) < 4.78 is 5.14. The van der Waals surface area contributed by atoms with E-state index in [1.54, 1.807) is 0 Å². The molecule has 0 aromatic rings. The molecule has 14 heavy (non-hydrogen) atoms. The molecule has 1 aliphatic rings. The van der Waals surface area contributed by atoms with Gasteiger partial charge in [0.1, 0.15) is 5.60 Å². The fourth-order valence-corrected chi connectivity index (χ4v) is 1.29. The number of piperazine rings is 1. The Labute approximate surface area is 84.8 Å². The van der Waals surface area contributed by atoms with Gasteiger partial charge in [-0.3, -0.25) is 5.43 Å². The highest BCUT2D eigenvalue weighted by Gasteiger charge is 2.19. The number of nitrogens with zero attached hydrogens (tertiary/aromatic N) is 1. The van der Waals surface area contributed by atoms with Crippen LogP contribution < -0.4 is 10.7 Å². The van der Waals surface area contributed by atoms with Gasteiger partial charge < -0.3 is 10.1 Å². The summed E-state index contributed by atoms with van der Waals surface area (Å²) in [6.07, 6.45) is -0.362. The number of amides is 1. The number of rotatable bonds is 1. The minimum atomic E-state index is -0.425. The quantitative estimate of drug-likeness (QED) is 0.591. The lowest BCUT2D eigenvalue weighted by molar-refractivity contribution is -0.663. The van der Waals surface area contributed by atoms with Crippen LogP contribution >= 0.6 is 0 Å². The van der Waals surface area contributed by atoms with Crippen LogP contribution in [0.3, 0.4) is 0 Å². The van der Waals surface area contributed by atoms with Crippen molar-refractivity contribution >= 4 is 6.09 Å². The second kappa shape index (κ2) is 4.61. The lowest BCUT2D eigenvalue weighted by Crippen LogP contribution is -2.90. The van der Waals surface area contributed by atoms with Gasteiger partial charge in [-0.2, -0.15) is 0 Å². The van der Waals surface area contributed by atoms with Crippen molar-refractivity contribution in [2.45, 2.75) is 26.4 Å². The molecule has 0 radical (unpaired) electrons. The van der Waals surface area contributed by atoms with E-state index < -0.39 is 5.60 Å². The van der Waals surface area contributed by atoms with E-state index in [-0.39, 0.29) is 6.09 Å². The molecule has 0 saturated carbocycles. The Bertz CT molecular complexity index is 195. The van der Waals surface area contributed by atoms with E-state index in [1.807, 2.05) is 25.8 Å². The van der Waals surface area contributed by atoms with Crippen LogP contribution in [0.25, 0.3) is 0 Å². The molecule has 1 saturated heterocycles. The summed E-state index contributed by atoms with van der Waals surface area (Å²) in [4.78, 5) is 11.3. The van der Waals surface area contributed by atoms with Crippen LogP contribution in [-0.4, -0.2) is 42.9 Å². The monoisotopic (exact) mass is 202 g/mol. The second-order valence-corrected chi connectivity index (χ2v) is 4.47. The van der Waals surface area contributed by atoms with Crippen LogP contribution in [0.15, 0.2) is 0 Å². The van der Waals surface area contributed by atoms with Crippen LogP contribution in [0.2, 0.25) is 0 Å². The molecule has 1 aliphatic heterocycles. The van der Waals surface area contributed by atoms with Gasteiger partial charge in [-0.1, -0.05) is 0 Å². The first kappa shape index (κ1) is 11.3. The van der Waals surface area contributed by atoms with Crippen LogP contribution in [0.5, 0.6) is 0 Å². The van der Waals surface area contributed by atoms with Gasteiger partial charge in [0.25, 0.3) is 0 Å². The normalized spacial score (nSPS) is 19.1. The largest absolute Gasteiger partial charge is 0.443 e. The molecule has 1 heterocycles. The van der Waals surface area contributed by atoms with E-state index >= 15 is 0 Å². The third kappa shape index (κ3) is 4.43. The topological polar surface area (TPSA) is 58.2 Å². The maximum absolute atomic E-state index is 11.3. The van der Waals surface area contributed by atoms with Crippen molar-refractivity contribution in [1.82, 2.24) is 10.4 Å². The SMILES string of the molecule is CC(C)(C)OC(=O)NN1CC[NH2+]CC1. The standard InChI is InChI=1S/C9H19N3O2/c1-9(2,3)14-8(13)11-12-6-4-10-5-7-12/h10H,4-7H2,1-3H3,(H,11,13)/p+1. The van der Waals surface area contributed by atoms with Gasteiger partial charge in [-0.05, 0) is 20.8 Å². The minimum absolute atomic E-state index is 0.362. The van der Waals surface area contributed by atoms with E-state index in [2.05, 4.69) is 10.7 Å². The molecular formula is C9H20N3O2+. The summed E-state index contributed by atoms with van der Waals surface area (Å²) in [5, 5.41) is 4.13. The zero-order valence-electron chi connectivity index (χ0n) is 9.17. The molecule has 5 nitrogen and oxygen atoms in total. The number of carbonyl (C=O) groups excluding carboxylic acids is 1. The Balaban J connectivity index is 2.25. The summed E-state index contributed by atoms with van der Waals surface area (Å²) in [5.74, 6) is 0. The maximum atomic E-state index is 11.3. The first-order chi connectivity index (χ1) is 6.47. The summed E-state index contributed by atoms with van der Waals surface area (Å²) in [6.45, 7) is 9.37. The Morgan fingerprint density at radius 3 is 2.43 bits per heavy atom. The van der Waals surface area contributed by atoms with Crippen molar-refractivity contribution in [3.05, 3.63) is 0 Å². The van der Waals surface area contributed by atoms with Gasteiger partial charge in [0.05, 0.1) is 26.2 Å². The summed E-state index contributed by atoms with van der Waals surface area (Å²) in [5.41, 5.74) is 2.30. The predicted molar refractivity (Wildman–Crippen MR) is 52.6 cm³/mol. The second-order valence-electron chi connectivity index (χ2n) is 4.47. The lowest BCUT2D eigenvalue weighted by Gasteiger charge is -2.27. The molecule has 0 aliphatic carbocycles. The lowest BCUT2D eigenvalue weighted by atomic mass is 10.2. The fourth-order valence-electron chi connectivity index (χ4n) is 1.29. The fraction of sp³-hybridized carbons (Fsp3) is 0.889. The molecule has 0 aromatic carbocycles. The van der Waals surface area contributed by atoms with Crippen LogP contribution in [0.4, 0.5) is 4.79 Å². The third-order valence-electron chi connectivity index (χ3n) is 1.85. The summed E-state index contributed by atoms with van der Waals surface area (Å²) in [6, 6.07) is 0. The first-order valence-electron chi connectivity index (χ1n) is 5.03. The molecule has 5 heteroatoms. The number of carbonyl (C=O) groups is 1. The van der Waals surface area contributed by atoms with Gasteiger partial charge in [0.15, 0.2) is 0 Å². The number of nitrogens with one attached hydrogen (secondary N) is 1. The zero-order chi connectivity index (χ0) is 10.6. The molecule has 0 spiro atoms. The van der Waals surface area contributed by atoms with Gasteiger partial charge in [0, 0.05) is 0 Å². The highest BCUT2D eigenvalue weighted by Crippen LogP contribution is 2.06. The van der Waals surface area contributed by atoms with E-state index in [0.717, 1.165) is 26.2 Å². The zero-order valence-corrected chi connectivity index (χ0v) is 9.17. The highest BCUT2D eigenvalue weighted by molar-refractivity contribution is 5.67. The third-order valence-corrected chi connectivity index (χ3v) is 1.85.